The maximum Gasteiger partial charge on any atom is -0.00516 e. The van der Waals surface area contributed by atoms with Gasteiger partial charge in [0.25, 0.3) is 0 Å². The van der Waals surface area contributed by atoms with Gasteiger partial charge in [-0.25, -0.2) is 0 Å². The van der Waals surface area contributed by atoms with Gasteiger partial charge in [-0.05, 0) is 63.0 Å². The van der Waals surface area contributed by atoms with Crippen LogP contribution in [0.25, 0.3) is 17.2 Å². The first kappa shape index (κ1) is 19.9. The minimum absolute atomic E-state index is 0.148. The van der Waals surface area contributed by atoms with Crippen LogP contribution in [-0.4, -0.2) is 0 Å². The fourth-order valence-corrected chi connectivity index (χ4v) is 4.01. The molecule has 27 heavy (non-hydrogen) atoms. The number of fused-ring (bicyclic) bond motifs is 1. The lowest BCUT2D eigenvalue weighted by atomic mass is 9.78. The summed E-state index contributed by atoms with van der Waals surface area (Å²) in [5, 5.41) is 0. The van der Waals surface area contributed by atoms with Crippen LogP contribution >= 0.6 is 0 Å². The monoisotopic (exact) mass is 360 g/mol. The van der Waals surface area contributed by atoms with Crippen molar-refractivity contribution in [3.8, 4) is 11.1 Å². The molecule has 0 atom stereocenters. The first-order valence-electron chi connectivity index (χ1n) is 10.4. The van der Waals surface area contributed by atoms with Crippen molar-refractivity contribution in [2.75, 3.05) is 0 Å². The van der Waals surface area contributed by atoms with Crippen LogP contribution in [0.3, 0.4) is 0 Å². The van der Waals surface area contributed by atoms with Crippen molar-refractivity contribution in [1.29, 1.82) is 0 Å². The number of hydrogen-bond donors (Lipinski definition) is 0. The van der Waals surface area contributed by atoms with Gasteiger partial charge < -0.3 is 0 Å². The van der Waals surface area contributed by atoms with Crippen molar-refractivity contribution >= 4 is 6.08 Å². The molecule has 1 aliphatic carbocycles. The minimum Gasteiger partial charge on any atom is -0.0649 e. The summed E-state index contributed by atoms with van der Waals surface area (Å²) in [4.78, 5) is 0. The zero-order chi connectivity index (χ0) is 20.0. The van der Waals surface area contributed by atoms with Gasteiger partial charge in [-0.1, -0.05) is 103 Å². The van der Waals surface area contributed by atoms with Gasteiger partial charge in [0, 0.05) is 0 Å². The summed E-state index contributed by atoms with van der Waals surface area (Å²) in [6.45, 7) is 18.5. The van der Waals surface area contributed by atoms with E-state index >= 15 is 0 Å². The fourth-order valence-electron chi connectivity index (χ4n) is 4.01. The van der Waals surface area contributed by atoms with Crippen molar-refractivity contribution in [1.82, 2.24) is 0 Å². The van der Waals surface area contributed by atoms with E-state index < -0.39 is 0 Å². The normalized spacial score (nSPS) is 14.5. The molecule has 0 nitrogen and oxygen atoms in total. The van der Waals surface area contributed by atoms with Gasteiger partial charge in [0.2, 0.25) is 0 Å². The first-order valence-corrected chi connectivity index (χ1v) is 10.4. The van der Waals surface area contributed by atoms with Crippen molar-refractivity contribution < 1.29 is 0 Å². The molecular weight excluding hydrogens is 324 g/mol. The molecule has 0 fully saturated rings. The Kier molecular flexibility index (Phi) is 5.14. The topological polar surface area (TPSA) is 0 Å². The Balaban J connectivity index is 2.11. The highest BCUT2D eigenvalue weighted by molar-refractivity contribution is 5.78. The van der Waals surface area contributed by atoms with Crippen molar-refractivity contribution in [3.63, 3.8) is 0 Å². The van der Waals surface area contributed by atoms with Crippen molar-refractivity contribution in [3.05, 3.63) is 64.2 Å². The van der Waals surface area contributed by atoms with Gasteiger partial charge >= 0.3 is 0 Å². The summed E-state index contributed by atoms with van der Waals surface area (Å²) in [6, 6.07) is 14.1. The quantitative estimate of drug-likeness (QED) is 0.521. The van der Waals surface area contributed by atoms with E-state index in [1.54, 1.807) is 5.57 Å². The largest absolute Gasteiger partial charge is 0.0649 e. The number of benzene rings is 2. The Morgan fingerprint density at radius 1 is 0.852 bits per heavy atom. The molecule has 2 aromatic carbocycles. The third-order valence-corrected chi connectivity index (χ3v) is 5.62. The predicted molar refractivity (Wildman–Crippen MR) is 120 cm³/mol. The Morgan fingerprint density at radius 2 is 1.44 bits per heavy atom. The molecule has 0 spiro atoms. The number of allylic oxidation sites excluding steroid dienone is 1. The van der Waals surface area contributed by atoms with E-state index in [4.69, 9.17) is 0 Å². The standard InChI is InChI=1S/C27H36/c1-18(2)12-19-13-20-10-9-11-24(25(20)14-19)21-15-22(26(3,4)5)17-23(16-21)27(6,7)8/h9-11,13,15-18H,12,14H2,1-8H3. The van der Waals surface area contributed by atoms with Gasteiger partial charge in [-0.2, -0.15) is 0 Å². The van der Waals surface area contributed by atoms with Crippen LogP contribution < -0.4 is 0 Å². The molecule has 0 saturated carbocycles. The Morgan fingerprint density at radius 3 is 1.96 bits per heavy atom. The van der Waals surface area contributed by atoms with Crippen LogP contribution in [0.15, 0.2) is 42.0 Å². The molecule has 3 rings (SSSR count). The van der Waals surface area contributed by atoms with Gasteiger partial charge in [0.05, 0.1) is 0 Å². The molecule has 0 heterocycles. The van der Waals surface area contributed by atoms with Crippen LogP contribution in [0.1, 0.15) is 84.1 Å². The van der Waals surface area contributed by atoms with E-state index in [0.29, 0.717) is 5.92 Å². The summed E-state index contributed by atoms with van der Waals surface area (Å²) in [5.41, 5.74) is 10.5. The van der Waals surface area contributed by atoms with E-state index in [-0.39, 0.29) is 10.8 Å². The van der Waals surface area contributed by atoms with Gasteiger partial charge in [0.1, 0.15) is 0 Å². The van der Waals surface area contributed by atoms with Gasteiger partial charge in [-0.15, -0.1) is 0 Å². The molecule has 0 heteroatoms. The van der Waals surface area contributed by atoms with Crippen molar-refractivity contribution in [2.24, 2.45) is 5.92 Å². The summed E-state index contributed by atoms with van der Waals surface area (Å²) < 4.78 is 0. The highest BCUT2D eigenvalue weighted by Crippen LogP contribution is 2.39. The van der Waals surface area contributed by atoms with Crippen LogP contribution in [0.5, 0.6) is 0 Å². The third-order valence-electron chi connectivity index (χ3n) is 5.62. The first-order chi connectivity index (χ1) is 12.4. The molecule has 0 radical (unpaired) electrons. The average molecular weight is 361 g/mol. The number of hydrogen-bond acceptors (Lipinski definition) is 0. The van der Waals surface area contributed by atoms with Gasteiger partial charge in [0.15, 0.2) is 0 Å². The smallest absolute Gasteiger partial charge is 0.00516 e. The van der Waals surface area contributed by atoms with E-state index in [0.717, 1.165) is 6.42 Å². The summed E-state index contributed by atoms with van der Waals surface area (Å²) in [6.07, 6.45) is 4.73. The second kappa shape index (κ2) is 6.97. The Bertz CT molecular complexity index is 832. The predicted octanol–water partition coefficient (Wildman–Crippen LogP) is 7.93. The molecule has 0 bridgehead atoms. The summed E-state index contributed by atoms with van der Waals surface area (Å²) in [7, 11) is 0. The molecule has 0 aliphatic heterocycles. The van der Waals surface area contributed by atoms with E-state index in [1.165, 1.54) is 39.8 Å². The van der Waals surface area contributed by atoms with Gasteiger partial charge in [-0.3, -0.25) is 0 Å². The maximum atomic E-state index is 2.43. The molecule has 2 aromatic rings. The molecule has 0 aromatic heterocycles. The molecule has 1 aliphatic rings. The molecule has 0 amide bonds. The van der Waals surface area contributed by atoms with E-state index in [1.807, 2.05) is 0 Å². The lowest BCUT2D eigenvalue weighted by molar-refractivity contribution is 0.569. The lowest BCUT2D eigenvalue weighted by Crippen LogP contribution is -2.16. The Labute approximate surface area is 166 Å². The lowest BCUT2D eigenvalue weighted by Gasteiger charge is -2.26. The van der Waals surface area contributed by atoms with Crippen molar-refractivity contribution in [2.45, 2.75) is 79.1 Å². The molecule has 0 unspecified atom stereocenters. The fraction of sp³-hybridized carbons (Fsp3) is 0.481. The Hall–Kier alpha value is -1.82. The highest BCUT2D eigenvalue weighted by atomic mass is 14.3. The molecular formula is C27H36. The number of rotatable bonds is 3. The average Bonchev–Trinajstić information content (AvgIpc) is 2.94. The van der Waals surface area contributed by atoms with Crippen LogP contribution in [0, 0.1) is 5.92 Å². The zero-order valence-electron chi connectivity index (χ0n) is 18.5. The third kappa shape index (κ3) is 4.37. The van der Waals surface area contributed by atoms with E-state index in [9.17, 15) is 0 Å². The second-order valence-electron chi connectivity index (χ2n) is 10.7. The van der Waals surface area contributed by atoms with Crippen LogP contribution in [0.2, 0.25) is 0 Å². The molecule has 0 saturated heterocycles. The summed E-state index contributed by atoms with van der Waals surface area (Å²) >= 11 is 0. The maximum absolute atomic E-state index is 2.43. The SMILES string of the molecule is CC(C)CC1=Cc2cccc(-c3cc(C(C)(C)C)cc(C(C)(C)C)c3)c2C1. The highest BCUT2D eigenvalue weighted by Gasteiger charge is 2.23. The second-order valence-corrected chi connectivity index (χ2v) is 10.7. The zero-order valence-corrected chi connectivity index (χ0v) is 18.5. The summed E-state index contributed by atoms with van der Waals surface area (Å²) in [5.74, 6) is 0.714. The minimum atomic E-state index is 0.148. The van der Waals surface area contributed by atoms with Crippen LogP contribution in [-0.2, 0) is 17.3 Å². The molecule has 0 N–H and O–H groups in total. The van der Waals surface area contributed by atoms with E-state index in [2.05, 4.69) is 97.9 Å². The molecule has 144 valence electrons. The van der Waals surface area contributed by atoms with Crippen LogP contribution in [0.4, 0.5) is 0 Å².